The molecule has 0 saturated carbocycles. The molecule has 0 saturated heterocycles. The Morgan fingerprint density at radius 2 is 1.69 bits per heavy atom. The van der Waals surface area contributed by atoms with Crippen molar-refractivity contribution in [2.75, 3.05) is 0 Å². The van der Waals surface area contributed by atoms with Crippen LogP contribution in [0.2, 0.25) is 0 Å². The van der Waals surface area contributed by atoms with E-state index in [0.29, 0.717) is 0 Å². The first kappa shape index (κ1) is 11.6. The predicted molar refractivity (Wildman–Crippen MR) is 55.7 cm³/mol. The van der Waals surface area contributed by atoms with Gasteiger partial charge in [-0.15, -0.1) is 0 Å². The number of hydrogen-bond donors (Lipinski definition) is 2. The summed E-state index contributed by atoms with van der Waals surface area (Å²) in [5.41, 5.74) is 1.73. The van der Waals surface area contributed by atoms with E-state index in [9.17, 15) is 0 Å². The Morgan fingerprint density at radius 1 is 1.15 bits per heavy atom. The van der Waals surface area contributed by atoms with Crippen LogP contribution in [-0.2, 0) is 0 Å². The van der Waals surface area contributed by atoms with Gasteiger partial charge in [-0.1, -0.05) is 12.7 Å². The van der Waals surface area contributed by atoms with Crippen LogP contribution in [0.15, 0.2) is 47.5 Å². The van der Waals surface area contributed by atoms with Crippen molar-refractivity contribution in [1.82, 2.24) is 0 Å². The lowest BCUT2D eigenvalue weighted by Gasteiger charge is -2.02. The van der Waals surface area contributed by atoms with E-state index < -0.39 is 0 Å². The lowest BCUT2D eigenvalue weighted by atomic mass is 10.1. The number of hydrogen-bond acceptors (Lipinski definition) is 2. The third-order valence-corrected chi connectivity index (χ3v) is 1.57. The van der Waals surface area contributed by atoms with Crippen LogP contribution in [0.25, 0.3) is 0 Å². The molecule has 0 heterocycles. The van der Waals surface area contributed by atoms with E-state index in [2.05, 4.69) is 6.58 Å². The maximum Gasteiger partial charge on any atom is 0.109 e. The van der Waals surface area contributed by atoms with Crippen molar-refractivity contribution in [2.45, 2.75) is 20.8 Å². The Labute approximate surface area is 79.2 Å². The van der Waals surface area contributed by atoms with Crippen molar-refractivity contribution < 1.29 is 10.2 Å². The summed E-state index contributed by atoms with van der Waals surface area (Å²) in [6.07, 6.45) is 4.99. The first-order valence-corrected chi connectivity index (χ1v) is 4.07. The third kappa shape index (κ3) is 4.90. The van der Waals surface area contributed by atoms with Gasteiger partial charge in [0.2, 0.25) is 0 Å². The Morgan fingerprint density at radius 3 is 2.00 bits per heavy atom. The molecule has 0 amide bonds. The molecule has 2 nitrogen and oxygen atoms in total. The molecule has 0 aromatic rings. The van der Waals surface area contributed by atoms with Gasteiger partial charge >= 0.3 is 0 Å². The Balaban J connectivity index is 4.99. The Hall–Kier alpha value is -1.44. The zero-order valence-electron chi connectivity index (χ0n) is 8.33. The molecule has 13 heavy (non-hydrogen) atoms. The van der Waals surface area contributed by atoms with E-state index in [-0.39, 0.29) is 11.5 Å². The van der Waals surface area contributed by atoms with Crippen LogP contribution in [0.4, 0.5) is 0 Å². The summed E-state index contributed by atoms with van der Waals surface area (Å²) in [5.74, 6) is 0.183. The number of aliphatic hydroxyl groups is 2. The van der Waals surface area contributed by atoms with E-state index in [1.165, 1.54) is 6.08 Å². The van der Waals surface area contributed by atoms with Crippen molar-refractivity contribution in [3.05, 3.63) is 47.5 Å². The van der Waals surface area contributed by atoms with Gasteiger partial charge in [-0.05, 0) is 44.1 Å². The quantitative estimate of drug-likeness (QED) is 0.516. The van der Waals surface area contributed by atoms with E-state index in [1.807, 2.05) is 19.9 Å². The van der Waals surface area contributed by atoms with Crippen molar-refractivity contribution in [2.24, 2.45) is 0 Å². The lowest BCUT2D eigenvalue weighted by Crippen LogP contribution is -1.85. The second-order valence-corrected chi connectivity index (χ2v) is 2.85. The minimum absolute atomic E-state index is 0.0197. The molecule has 0 unspecified atom stereocenters. The second kappa shape index (κ2) is 5.25. The molecule has 0 spiro atoms. The van der Waals surface area contributed by atoms with Gasteiger partial charge in [-0.2, -0.15) is 0 Å². The fourth-order valence-electron chi connectivity index (χ4n) is 0.841. The highest BCUT2D eigenvalue weighted by atomic mass is 16.3. The first-order valence-electron chi connectivity index (χ1n) is 4.07. The van der Waals surface area contributed by atoms with Gasteiger partial charge in [0.1, 0.15) is 5.76 Å². The molecule has 0 aliphatic carbocycles. The minimum atomic E-state index is -0.0197. The van der Waals surface area contributed by atoms with E-state index in [1.54, 1.807) is 13.0 Å². The smallest absolute Gasteiger partial charge is 0.109 e. The third-order valence-electron chi connectivity index (χ3n) is 1.57. The molecule has 0 aromatic heterocycles. The van der Waals surface area contributed by atoms with Crippen LogP contribution in [0.5, 0.6) is 0 Å². The largest absolute Gasteiger partial charge is 0.513 e. The fourth-order valence-corrected chi connectivity index (χ4v) is 0.841. The summed E-state index contributed by atoms with van der Waals surface area (Å²) in [6, 6.07) is 0. The highest BCUT2D eigenvalue weighted by Gasteiger charge is 1.97. The van der Waals surface area contributed by atoms with Gasteiger partial charge in [0.25, 0.3) is 0 Å². The zero-order chi connectivity index (χ0) is 10.4. The Kier molecular flexibility index (Phi) is 4.67. The van der Waals surface area contributed by atoms with Gasteiger partial charge in [-0.3, -0.25) is 0 Å². The van der Waals surface area contributed by atoms with Gasteiger partial charge in [0.15, 0.2) is 0 Å². The number of allylic oxidation sites excluding steroid dienone is 6. The highest BCUT2D eigenvalue weighted by Crippen LogP contribution is 2.13. The van der Waals surface area contributed by atoms with Crippen LogP contribution < -0.4 is 0 Å². The molecule has 2 N–H and O–H groups in total. The summed E-state index contributed by atoms with van der Waals surface area (Å²) < 4.78 is 0. The van der Waals surface area contributed by atoms with Crippen LogP contribution in [-0.4, -0.2) is 10.2 Å². The lowest BCUT2D eigenvalue weighted by molar-refractivity contribution is 0.413. The molecule has 0 bridgehead atoms. The molecule has 72 valence electrons. The minimum Gasteiger partial charge on any atom is -0.513 e. The maximum atomic E-state index is 9.06. The predicted octanol–water partition coefficient (Wildman–Crippen LogP) is 3.41. The van der Waals surface area contributed by atoms with Gasteiger partial charge < -0.3 is 10.2 Å². The van der Waals surface area contributed by atoms with E-state index in [0.717, 1.165) is 11.1 Å². The summed E-state index contributed by atoms with van der Waals surface area (Å²) in [5, 5.41) is 18.0. The summed E-state index contributed by atoms with van der Waals surface area (Å²) in [7, 11) is 0. The SMILES string of the molecule is C=C(O)/C=C(/C=C(\C)O)C(\C)=C/C. The second-order valence-electron chi connectivity index (χ2n) is 2.85. The standard InChI is InChI=1S/C11H16O2/c1-5-8(2)11(6-9(3)12)7-10(4)13/h5-7,12-13H,3H2,1-2,4H3/b8-5-,10-7+,11-6-. The van der Waals surface area contributed by atoms with Crippen LogP contribution >= 0.6 is 0 Å². The molecule has 0 aliphatic heterocycles. The van der Waals surface area contributed by atoms with Crippen molar-refractivity contribution in [3.8, 4) is 0 Å². The molecule has 0 fully saturated rings. The first-order chi connectivity index (χ1) is 5.97. The summed E-state index contributed by atoms with van der Waals surface area (Å²) in [6.45, 7) is 8.73. The molecular weight excluding hydrogens is 164 g/mol. The van der Waals surface area contributed by atoms with E-state index >= 15 is 0 Å². The summed E-state index contributed by atoms with van der Waals surface area (Å²) >= 11 is 0. The van der Waals surface area contributed by atoms with Crippen molar-refractivity contribution in [1.29, 1.82) is 0 Å². The van der Waals surface area contributed by atoms with Crippen molar-refractivity contribution >= 4 is 0 Å². The number of aliphatic hydroxyl groups excluding tert-OH is 2. The average Bonchev–Trinajstić information content (AvgIpc) is 2.00. The zero-order valence-corrected chi connectivity index (χ0v) is 8.33. The van der Waals surface area contributed by atoms with Crippen LogP contribution in [0.1, 0.15) is 20.8 Å². The van der Waals surface area contributed by atoms with Crippen molar-refractivity contribution in [3.63, 3.8) is 0 Å². The highest BCUT2D eigenvalue weighted by molar-refractivity contribution is 5.41. The van der Waals surface area contributed by atoms with Gasteiger partial charge in [-0.25, -0.2) is 0 Å². The Bertz CT molecular complexity index is 276. The van der Waals surface area contributed by atoms with Crippen LogP contribution in [0, 0.1) is 0 Å². The summed E-state index contributed by atoms with van der Waals surface area (Å²) in [4.78, 5) is 0. The molecule has 0 aromatic carbocycles. The maximum absolute atomic E-state index is 9.06. The molecular formula is C11H16O2. The average molecular weight is 180 g/mol. The van der Waals surface area contributed by atoms with Crippen LogP contribution in [0.3, 0.4) is 0 Å². The molecule has 0 aliphatic rings. The van der Waals surface area contributed by atoms with Gasteiger partial charge in [0, 0.05) is 0 Å². The normalized spacial score (nSPS) is 14.5. The topological polar surface area (TPSA) is 40.5 Å². The molecule has 2 heteroatoms. The molecule has 0 atom stereocenters. The number of rotatable bonds is 3. The monoisotopic (exact) mass is 180 g/mol. The fraction of sp³-hybridized carbons (Fsp3) is 0.273. The molecule has 0 radical (unpaired) electrons. The van der Waals surface area contributed by atoms with Gasteiger partial charge in [0.05, 0.1) is 5.76 Å². The molecule has 0 rings (SSSR count). The van der Waals surface area contributed by atoms with E-state index in [4.69, 9.17) is 10.2 Å².